The SMILES string of the molecule is CCn1c(SCc2ccccc2)nnc1-c1cccc(C)c1. The third-order valence-electron chi connectivity index (χ3n) is 3.52. The molecule has 3 nitrogen and oxygen atoms in total. The van der Waals surface area contributed by atoms with Gasteiger partial charge in [0.15, 0.2) is 11.0 Å². The van der Waals surface area contributed by atoms with Gasteiger partial charge in [-0.05, 0) is 25.5 Å². The van der Waals surface area contributed by atoms with Crippen molar-refractivity contribution in [3.63, 3.8) is 0 Å². The summed E-state index contributed by atoms with van der Waals surface area (Å²) in [4.78, 5) is 0. The number of benzene rings is 2. The molecule has 0 atom stereocenters. The van der Waals surface area contributed by atoms with E-state index in [1.807, 2.05) is 6.07 Å². The Balaban J connectivity index is 1.84. The molecule has 0 radical (unpaired) electrons. The lowest BCUT2D eigenvalue weighted by Gasteiger charge is -2.08. The van der Waals surface area contributed by atoms with Gasteiger partial charge in [0.25, 0.3) is 0 Å². The number of aromatic nitrogens is 3. The Morgan fingerprint density at radius 2 is 1.82 bits per heavy atom. The molecule has 0 bridgehead atoms. The minimum absolute atomic E-state index is 0.868. The zero-order valence-electron chi connectivity index (χ0n) is 12.9. The van der Waals surface area contributed by atoms with Crippen LogP contribution in [0.1, 0.15) is 18.1 Å². The molecule has 0 saturated heterocycles. The van der Waals surface area contributed by atoms with E-state index < -0.39 is 0 Å². The first-order valence-electron chi connectivity index (χ1n) is 7.45. The first-order valence-corrected chi connectivity index (χ1v) is 8.43. The number of hydrogen-bond donors (Lipinski definition) is 0. The maximum absolute atomic E-state index is 4.40. The second-order valence-corrected chi connectivity index (χ2v) is 6.14. The van der Waals surface area contributed by atoms with E-state index in [0.717, 1.165) is 28.8 Å². The topological polar surface area (TPSA) is 30.7 Å². The van der Waals surface area contributed by atoms with Crippen LogP contribution >= 0.6 is 11.8 Å². The number of nitrogens with zero attached hydrogens (tertiary/aromatic N) is 3. The Hall–Kier alpha value is -2.07. The van der Waals surface area contributed by atoms with Crippen molar-refractivity contribution in [3.8, 4) is 11.4 Å². The second kappa shape index (κ2) is 6.79. The molecule has 3 aromatic rings. The zero-order chi connectivity index (χ0) is 15.4. The van der Waals surface area contributed by atoms with Crippen LogP contribution in [0.25, 0.3) is 11.4 Å². The molecule has 0 saturated carbocycles. The second-order valence-electron chi connectivity index (χ2n) is 5.19. The molecule has 1 aromatic heterocycles. The number of hydrogen-bond acceptors (Lipinski definition) is 3. The molecule has 0 aliphatic rings. The van der Waals surface area contributed by atoms with Crippen molar-refractivity contribution < 1.29 is 0 Å². The molecule has 0 aliphatic carbocycles. The maximum atomic E-state index is 4.40. The van der Waals surface area contributed by atoms with Crippen LogP contribution < -0.4 is 0 Å². The third kappa shape index (κ3) is 3.22. The van der Waals surface area contributed by atoms with Gasteiger partial charge in [0.05, 0.1) is 0 Å². The predicted octanol–water partition coefficient (Wildman–Crippen LogP) is 4.57. The minimum atomic E-state index is 0.868. The highest BCUT2D eigenvalue weighted by Crippen LogP contribution is 2.26. The summed E-state index contributed by atoms with van der Waals surface area (Å²) in [6, 6.07) is 18.9. The van der Waals surface area contributed by atoms with Crippen LogP contribution in [-0.2, 0) is 12.3 Å². The van der Waals surface area contributed by atoms with Crippen LogP contribution in [0.4, 0.5) is 0 Å². The average Bonchev–Trinajstić information content (AvgIpc) is 2.97. The van der Waals surface area contributed by atoms with E-state index in [1.165, 1.54) is 11.1 Å². The van der Waals surface area contributed by atoms with E-state index in [4.69, 9.17) is 0 Å². The van der Waals surface area contributed by atoms with Crippen molar-refractivity contribution in [1.82, 2.24) is 14.8 Å². The van der Waals surface area contributed by atoms with E-state index in [1.54, 1.807) is 11.8 Å². The van der Waals surface area contributed by atoms with Gasteiger partial charge in [0, 0.05) is 17.9 Å². The molecule has 112 valence electrons. The normalized spacial score (nSPS) is 10.8. The highest BCUT2D eigenvalue weighted by Gasteiger charge is 2.13. The monoisotopic (exact) mass is 309 g/mol. The Labute approximate surface area is 135 Å². The smallest absolute Gasteiger partial charge is 0.191 e. The summed E-state index contributed by atoms with van der Waals surface area (Å²) in [5.41, 5.74) is 3.66. The molecule has 4 heteroatoms. The maximum Gasteiger partial charge on any atom is 0.191 e. The van der Waals surface area contributed by atoms with Crippen molar-refractivity contribution in [2.75, 3.05) is 0 Å². The molecule has 0 amide bonds. The van der Waals surface area contributed by atoms with E-state index in [9.17, 15) is 0 Å². The minimum Gasteiger partial charge on any atom is -0.302 e. The van der Waals surface area contributed by atoms with Gasteiger partial charge in [-0.3, -0.25) is 0 Å². The summed E-state index contributed by atoms with van der Waals surface area (Å²) in [5.74, 6) is 1.86. The molecule has 1 heterocycles. The van der Waals surface area contributed by atoms with Crippen molar-refractivity contribution in [1.29, 1.82) is 0 Å². The fraction of sp³-hybridized carbons (Fsp3) is 0.222. The molecule has 0 spiro atoms. The van der Waals surface area contributed by atoms with Crippen LogP contribution in [0.5, 0.6) is 0 Å². The summed E-state index contributed by atoms with van der Waals surface area (Å²) in [6.45, 7) is 5.10. The molecule has 0 aliphatic heterocycles. The molecule has 0 unspecified atom stereocenters. The van der Waals surface area contributed by atoms with Crippen molar-refractivity contribution in [2.24, 2.45) is 0 Å². The largest absolute Gasteiger partial charge is 0.302 e. The molecular formula is C18H19N3S. The van der Waals surface area contributed by atoms with Gasteiger partial charge in [-0.15, -0.1) is 10.2 Å². The van der Waals surface area contributed by atoms with Crippen LogP contribution in [0.2, 0.25) is 0 Å². The highest BCUT2D eigenvalue weighted by molar-refractivity contribution is 7.98. The summed E-state index contributed by atoms with van der Waals surface area (Å²) in [5, 5.41) is 9.76. The number of thioether (sulfide) groups is 1. The molecule has 3 rings (SSSR count). The lowest BCUT2D eigenvalue weighted by molar-refractivity contribution is 0.687. The van der Waals surface area contributed by atoms with Gasteiger partial charge in [-0.2, -0.15) is 0 Å². The van der Waals surface area contributed by atoms with Crippen LogP contribution in [0, 0.1) is 6.92 Å². The summed E-state index contributed by atoms with van der Waals surface area (Å²) in [7, 11) is 0. The highest BCUT2D eigenvalue weighted by atomic mass is 32.2. The summed E-state index contributed by atoms with van der Waals surface area (Å²) >= 11 is 1.73. The Bertz CT molecular complexity index is 750. The Morgan fingerprint density at radius 3 is 2.55 bits per heavy atom. The molecule has 0 N–H and O–H groups in total. The van der Waals surface area contributed by atoms with Crippen molar-refractivity contribution in [3.05, 3.63) is 65.7 Å². The van der Waals surface area contributed by atoms with Gasteiger partial charge in [-0.25, -0.2) is 0 Å². The summed E-state index contributed by atoms with van der Waals surface area (Å²) in [6.07, 6.45) is 0. The first-order chi connectivity index (χ1) is 10.8. The standard InChI is InChI=1S/C18H19N3S/c1-3-21-17(16-11-7-8-14(2)12-16)19-20-18(21)22-13-15-9-5-4-6-10-15/h4-12H,3,13H2,1-2H3. The third-order valence-corrected chi connectivity index (χ3v) is 4.56. The quantitative estimate of drug-likeness (QED) is 0.647. The van der Waals surface area contributed by atoms with Crippen LogP contribution in [-0.4, -0.2) is 14.8 Å². The van der Waals surface area contributed by atoms with Crippen LogP contribution in [0.15, 0.2) is 59.8 Å². The van der Waals surface area contributed by atoms with Gasteiger partial charge in [-0.1, -0.05) is 65.9 Å². The first kappa shape index (κ1) is 14.9. The number of rotatable bonds is 5. The lowest BCUT2D eigenvalue weighted by atomic mass is 10.1. The lowest BCUT2D eigenvalue weighted by Crippen LogP contribution is -2.00. The average molecular weight is 309 g/mol. The van der Waals surface area contributed by atoms with E-state index >= 15 is 0 Å². The van der Waals surface area contributed by atoms with Crippen LogP contribution in [0.3, 0.4) is 0 Å². The van der Waals surface area contributed by atoms with E-state index in [0.29, 0.717) is 0 Å². The Morgan fingerprint density at radius 1 is 1.00 bits per heavy atom. The summed E-state index contributed by atoms with van der Waals surface area (Å²) < 4.78 is 2.18. The van der Waals surface area contributed by atoms with E-state index in [2.05, 4.69) is 77.1 Å². The van der Waals surface area contributed by atoms with Gasteiger partial charge < -0.3 is 4.57 Å². The van der Waals surface area contributed by atoms with E-state index in [-0.39, 0.29) is 0 Å². The zero-order valence-corrected chi connectivity index (χ0v) is 13.7. The Kier molecular flexibility index (Phi) is 4.59. The van der Waals surface area contributed by atoms with Gasteiger partial charge in [0.2, 0.25) is 0 Å². The van der Waals surface area contributed by atoms with Crippen molar-refractivity contribution >= 4 is 11.8 Å². The molecular weight excluding hydrogens is 290 g/mol. The number of aryl methyl sites for hydroxylation is 1. The molecule has 0 fully saturated rings. The predicted molar refractivity (Wildman–Crippen MR) is 91.9 cm³/mol. The van der Waals surface area contributed by atoms with Crippen molar-refractivity contribution in [2.45, 2.75) is 31.3 Å². The fourth-order valence-electron chi connectivity index (χ4n) is 2.40. The van der Waals surface area contributed by atoms with Gasteiger partial charge >= 0.3 is 0 Å². The molecule has 22 heavy (non-hydrogen) atoms. The van der Waals surface area contributed by atoms with Gasteiger partial charge in [0.1, 0.15) is 0 Å². The fourth-order valence-corrected chi connectivity index (χ4v) is 3.36. The molecule has 2 aromatic carbocycles.